The van der Waals surface area contributed by atoms with E-state index >= 15 is 0 Å². The number of sulfonamides is 1. The lowest BCUT2D eigenvalue weighted by Crippen LogP contribution is -2.44. The van der Waals surface area contributed by atoms with Crippen LogP contribution in [0.3, 0.4) is 0 Å². The fourth-order valence-electron chi connectivity index (χ4n) is 2.59. The molecule has 3 rings (SSSR count). The zero-order valence-electron chi connectivity index (χ0n) is 12.6. The maximum absolute atomic E-state index is 13.8. The number of piperidine rings is 1. The summed E-state index contributed by atoms with van der Waals surface area (Å²) in [5.74, 6) is -1.93. The number of nitrogens with zero attached hydrogens (tertiary/aromatic N) is 3. The van der Waals surface area contributed by atoms with Crippen LogP contribution in [0.25, 0.3) is 0 Å². The van der Waals surface area contributed by atoms with Gasteiger partial charge in [-0.2, -0.15) is 4.31 Å². The highest BCUT2D eigenvalue weighted by atomic mass is 32.2. The molecule has 1 aliphatic rings. The van der Waals surface area contributed by atoms with Crippen LogP contribution < -0.4 is 4.74 Å². The topological polar surface area (TPSA) is 72.4 Å². The van der Waals surface area contributed by atoms with Crippen molar-refractivity contribution in [1.82, 2.24) is 14.3 Å². The zero-order valence-corrected chi connectivity index (χ0v) is 13.4. The van der Waals surface area contributed by atoms with E-state index in [2.05, 4.69) is 9.97 Å². The van der Waals surface area contributed by atoms with E-state index in [-0.39, 0.29) is 19.0 Å². The predicted octanol–water partition coefficient (Wildman–Crippen LogP) is 1.99. The van der Waals surface area contributed by atoms with E-state index in [1.165, 1.54) is 18.6 Å². The second-order valence-electron chi connectivity index (χ2n) is 5.34. The molecule has 9 heteroatoms. The zero-order chi connectivity index (χ0) is 17.2. The van der Waals surface area contributed by atoms with Gasteiger partial charge in [-0.15, -0.1) is 0 Å². The Labute approximate surface area is 138 Å². The van der Waals surface area contributed by atoms with Crippen LogP contribution in [0, 0.1) is 11.6 Å². The SMILES string of the molecule is O=S(=O)(c1c(F)cccc1F)N1CCCC(Oc2cnccn2)C1. The Morgan fingerprint density at radius 2 is 1.96 bits per heavy atom. The molecule has 1 aliphatic heterocycles. The lowest BCUT2D eigenvalue weighted by atomic mass is 10.1. The van der Waals surface area contributed by atoms with E-state index < -0.39 is 32.7 Å². The van der Waals surface area contributed by atoms with E-state index in [1.807, 2.05) is 0 Å². The molecule has 2 heterocycles. The number of rotatable bonds is 4. The van der Waals surface area contributed by atoms with Crippen molar-refractivity contribution in [2.45, 2.75) is 23.8 Å². The average molecular weight is 355 g/mol. The Morgan fingerprint density at radius 3 is 2.62 bits per heavy atom. The highest BCUT2D eigenvalue weighted by Gasteiger charge is 2.35. The van der Waals surface area contributed by atoms with Gasteiger partial charge in [0.1, 0.15) is 17.7 Å². The minimum atomic E-state index is -4.28. The Morgan fingerprint density at radius 1 is 1.21 bits per heavy atom. The van der Waals surface area contributed by atoms with E-state index in [0.717, 1.165) is 22.5 Å². The van der Waals surface area contributed by atoms with E-state index in [4.69, 9.17) is 4.74 Å². The van der Waals surface area contributed by atoms with Crippen LogP contribution >= 0.6 is 0 Å². The summed E-state index contributed by atoms with van der Waals surface area (Å²) >= 11 is 0. The van der Waals surface area contributed by atoms with Crippen molar-refractivity contribution >= 4 is 10.0 Å². The fraction of sp³-hybridized carbons (Fsp3) is 0.333. The molecule has 1 aromatic carbocycles. The van der Waals surface area contributed by atoms with Gasteiger partial charge in [0.25, 0.3) is 0 Å². The van der Waals surface area contributed by atoms with Gasteiger partial charge in [-0.25, -0.2) is 22.2 Å². The summed E-state index contributed by atoms with van der Waals surface area (Å²) in [5, 5.41) is 0. The maximum Gasteiger partial charge on any atom is 0.249 e. The first-order valence-corrected chi connectivity index (χ1v) is 8.79. The Hall–Kier alpha value is -2.13. The number of hydrogen-bond donors (Lipinski definition) is 0. The van der Waals surface area contributed by atoms with Crippen LogP contribution in [0.2, 0.25) is 0 Å². The molecule has 24 heavy (non-hydrogen) atoms. The molecule has 0 amide bonds. The quantitative estimate of drug-likeness (QED) is 0.839. The van der Waals surface area contributed by atoms with Gasteiger partial charge in [0.15, 0.2) is 4.90 Å². The third kappa shape index (κ3) is 3.36. The normalized spacial score (nSPS) is 19.2. The summed E-state index contributed by atoms with van der Waals surface area (Å²) in [4.78, 5) is 6.92. The van der Waals surface area contributed by atoms with Crippen LogP contribution in [0.15, 0.2) is 41.7 Å². The second kappa shape index (κ2) is 6.78. The molecule has 1 fully saturated rings. The number of benzene rings is 1. The highest BCUT2D eigenvalue weighted by Crippen LogP contribution is 2.26. The fourth-order valence-corrected chi connectivity index (χ4v) is 4.21. The van der Waals surface area contributed by atoms with Crippen molar-refractivity contribution in [3.8, 4) is 5.88 Å². The first kappa shape index (κ1) is 16.7. The van der Waals surface area contributed by atoms with Crippen LogP contribution in [0.4, 0.5) is 8.78 Å². The van der Waals surface area contributed by atoms with Gasteiger partial charge in [0, 0.05) is 18.9 Å². The first-order valence-electron chi connectivity index (χ1n) is 7.35. The van der Waals surface area contributed by atoms with Gasteiger partial charge in [0.05, 0.1) is 12.7 Å². The first-order chi connectivity index (χ1) is 11.5. The predicted molar refractivity (Wildman–Crippen MR) is 80.8 cm³/mol. The lowest BCUT2D eigenvalue weighted by molar-refractivity contribution is 0.124. The van der Waals surface area contributed by atoms with Crippen molar-refractivity contribution in [1.29, 1.82) is 0 Å². The average Bonchev–Trinajstić information content (AvgIpc) is 2.56. The largest absolute Gasteiger partial charge is 0.472 e. The number of aromatic nitrogens is 2. The molecule has 0 aliphatic carbocycles. The molecule has 0 bridgehead atoms. The minimum Gasteiger partial charge on any atom is -0.472 e. The molecule has 0 N–H and O–H groups in total. The molecule has 0 spiro atoms. The maximum atomic E-state index is 13.8. The Balaban J connectivity index is 1.81. The van der Waals surface area contributed by atoms with Crippen LogP contribution in [0.5, 0.6) is 5.88 Å². The molecule has 1 aromatic heterocycles. The molecule has 0 saturated carbocycles. The number of ether oxygens (including phenoxy) is 1. The van der Waals surface area contributed by atoms with Gasteiger partial charge in [-0.05, 0) is 25.0 Å². The minimum absolute atomic E-state index is 0.00726. The molecular formula is C15H15F2N3O3S. The number of halogens is 2. The summed E-state index contributed by atoms with van der Waals surface area (Å²) in [6.45, 7) is 0.170. The molecule has 6 nitrogen and oxygen atoms in total. The van der Waals surface area contributed by atoms with Crippen molar-refractivity contribution in [3.05, 3.63) is 48.4 Å². The van der Waals surface area contributed by atoms with Gasteiger partial charge in [-0.3, -0.25) is 4.98 Å². The number of hydrogen-bond acceptors (Lipinski definition) is 5. The molecule has 1 atom stereocenters. The van der Waals surface area contributed by atoms with Crippen LogP contribution in [0.1, 0.15) is 12.8 Å². The van der Waals surface area contributed by atoms with Gasteiger partial charge >= 0.3 is 0 Å². The van der Waals surface area contributed by atoms with Gasteiger partial charge in [-0.1, -0.05) is 6.07 Å². The lowest BCUT2D eigenvalue weighted by Gasteiger charge is -2.31. The molecule has 128 valence electrons. The summed E-state index contributed by atoms with van der Waals surface area (Å²) in [5.41, 5.74) is 0. The van der Waals surface area contributed by atoms with Crippen molar-refractivity contribution in [2.24, 2.45) is 0 Å². The summed E-state index contributed by atoms with van der Waals surface area (Å²) in [7, 11) is -4.28. The van der Waals surface area contributed by atoms with Gasteiger partial charge < -0.3 is 4.74 Å². The third-order valence-electron chi connectivity index (χ3n) is 3.68. The third-order valence-corrected chi connectivity index (χ3v) is 5.60. The molecular weight excluding hydrogens is 340 g/mol. The summed E-state index contributed by atoms with van der Waals surface area (Å²) in [6, 6.07) is 2.97. The standard InChI is InChI=1S/C15H15F2N3O3S/c16-12-4-1-5-13(17)15(12)24(21,22)20-8-2-3-11(10-20)23-14-9-18-6-7-19-14/h1,4-7,9,11H,2-3,8,10H2. The monoisotopic (exact) mass is 355 g/mol. The molecule has 0 radical (unpaired) electrons. The van der Waals surface area contributed by atoms with Crippen molar-refractivity contribution in [3.63, 3.8) is 0 Å². The van der Waals surface area contributed by atoms with Crippen molar-refractivity contribution < 1.29 is 21.9 Å². The Kier molecular flexibility index (Phi) is 4.72. The van der Waals surface area contributed by atoms with Crippen LogP contribution in [-0.4, -0.2) is 41.9 Å². The highest BCUT2D eigenvalue weighted by molar-refractivity contribution is 7.89. The smallest absolute Gasteiger partial charge is 0.249 e. The van der Waals surface area contributed by atoms with E-state index in [9.17, 15) is 17.2 Å². The second-order valence-corrected chi connectivity index (χ2v) is 7.21. The van der Waals surface area contributed by atoms with Crippen molar-refractivity contribution in [2.75, 3.05) is 13.1 Å². The van der Waals surface area contributed by atoms with Crippen LogP contribution in [-0.2, 0) is 10.0 Å². The molecule has 1 saturated heterocycles. The van der Waals surface area contributed by atoms with E-state index in [1.54, 1.807) is 0 Å². The molecule has 1 unspecified atom stereocenters. The van der Waals surface area contributed by atoms with Gasteiger partial charge in [0.2, 0.25) is 15.9 Å². The summed E-state index contributed by atoms with van der Waals surface area (Å²) < 4.78 is 59.5. The van der Waals surface area contributed by atoms with E-state index in [0.29, 0.717) is 12.8 Å². The Bertz CT molecular complexity index is 798. The summed E-state index contributed by atoms with van der Waals surface area (Å²) in [6.07, 6.45) is 5.04. The molecule has 2 aromatic rings.